The number of phosphoric ester groups is 1. The van der Waals surface area contributed by atoms with Crippen molar-refractivity contribution in [3.05, 3.63) is 36.5 Å². The molecule has 0 spiro atoms. The summed E-state index contributed by atoms with van der Waals surface area (Å²) in [4.78, 5) is 21.6. The minimum atomic E-state index is -4.69. The third-order valence-electron chi connectivity index (χ3n) is 6.85. The summed E-state index contributed by atoms with van der Waals surface area (Å²) in [7, 11) is -4.69. The zero-order valence-corrected chi connectivity index (χ0v) is 30.2. The SMILES string of the molecule is CCCCCCCCCCCC=CC=CC=CC(=O)OCC(O)COP(=O)(O)OCC(O)COC1OC(C[As](C)(C)=O)C(O)C1O. The number of ether oxygens (including phenoxy) is 3. The van der Waals surface area contributed by atoms with E-state index < -0.39 is 90.5 Å². The number of unbranched alkanes of at least 4 members (excludes halogenated alkanes) is 9. The molecule has 1 rings (SSSR count). The second-order valence-corrected chi connectivity index (χ2v) is 20.7. The second kappa shape index (κ2) is 24.1. The second-order valence-electron chi connectivity index (χ2n) is 11.9. The first-order valence-electron chi connectivity index (χ1n) is 16.1. The summed E-state index contributed by atoms with van der Waals surface area (Å²) in [5, 5.41) is 40.1. The summed E-state index contributed by atoms with van der Waals surface area (Å²) >= 11 is -3.18. The molecule has 7 unspecified atom stereocenters. The van der Waals surface area contributed by atoms with Crippen LogP contribution in [0.3, 0.4) is 0 Å². The summed E-state index contributed by atoms with van der Waals surface area (Å²) in [6, 6.07) is 0. The molecule has 0 aromatic rings. The van der Waals surface area contributed by atoms with Crippen molar-refractivity contribution in [1.29, 1.82) is 0 Å². The van der Waals surface area contributed by atoms with Gasteiger partial charge in [0, 0.05) is 6.08 Å². The van der Waals surface area contributed by atoms with Gasteiger partial charge < -0.3 is 9.84 Å². The molecule has 0 amide bonds. The Labute approximate surface area is 275 Å². The van der Waals surface area contributed by atoms with Gasteiger partial charge in [0.15, 0.2) is 0 Å². The first kappa shape index (κ1) is 42.9. The third kappa shape index (κ3) is 21.7. The van der Waals surface area contributed by atoms with Crippen LogP contribution in [0.4, 0.5) is 0 Å². The number of rotatable bonds is 26. The van der Waals surface area contributed by atoms with Crippen molar-refractivity contribution in [3.8, 4) is 0 Å². The fraction of sp³-hybridized carbons (Fsp3) is 0.774. The molecule has 0 saturated carbocycles. The molecule has 1 fully saturated rings. The van der Waals surface area contributed by atoms with Crippen LogP contribution in [0.2, 0.25) is 16.6 Å². The molecular formula is C31H56AsO13P. The van der Waals surface area contributed by atoms with Gasteiger partial charge in [0.1, 0.15) is 12.7 Å². The molecule has 1 saturated heterocycles. The number of carbonyl (C=O) groups is 1. The van der Waals surface area contributed by atoms with Gasteiger partial charge in [0.25, 0.3) is 0 Å². The van der Waals surface area contributed by atoms with Crippen LogP contribution in [0.1, 0.15) is 71.1 Å². The number of aliphatic hydroxyl groups is 4. The van der Waals surface area contributed by atoms with Crippen LogP contribution in [0.5, 0.6) is 0 Å². The summed E-state index contributed by atoms with van der Waals surface area (Å²) < 4.78 is 49.0. The van der Waals surface area contributed by atoms with Crippen LogP contribution in [0, 0.1) is 0 Å². The molecule has 5 N–H and O–H groups in total. The number of carbonyl (C=O) groups excluding carboxylic acids is 1. The Kier molecular flexibility index (Phi) is 22.5. The molecule has 46 heavy (non-hydrogen) atoms. The van der Waals surface area contributed by atoms with Gasteiger partial charge in [-0.2, -0.15) is 0 Å². The normalized spacial score (nSPS) is 23.4. The van der Waals surface area contributed by atoms with Gasteiger partial charge in [-0.3, -0.25) is 0 Å². The molecule has 13 nitrogen and oxygen atoms in total. The van der Waals surface area contributed by atoms with Crippen LogP contribution >= 0.6 is 7.82 Å². The van der Waals surface area contributed by atoms with Crippen molar-refractivity contribution in [3.63, 3.8) is 0 Å². The Bertz CT molecular complexity index is 1010. The molecule has 0 radical (unpaired) electrons. The van der Waals surface area contributed by atoms with Crippen LogP contribution in [-0.4, -0.2) is 108 Å². The van der Waals surface area contributed by atoms with Gasteiger partial charge in [-0.1, -0.05) is 88.7 Å². The Morgan fingerprint density at radius 2 is 1.41 bits per heavy atom. The van der Waals surface area contributed by atoms with Crippen molar-refractivity contribution < 1.29 is 61.7 Å². The van der Waals surface area contributed by atoms with E-state index in [1.165, 1.54) is 63.5 Å². The molecular weight excluding hydrogens is 686 g/mol. The van der Waals surface area contributed by atoms with E-state index in [2.05, 4.69) is 22.0 Å². The first-order valence-corrected chi connectivity index (χ1v) is 23.4. The van der Waals surface area contributed by atoms with Crippen LogP contribution in [-0.2, 0) is 36.4 Å². The third-order valence-corrected chi connectivity index (χ3v) is 10.4. The summed E-state index contributed by atoms with van der Waals surface area (Å²) in [6.45, 7) is -0.153. The molecule has 0 aliphatic carbocycles. The Morgan fingerprint density at radius 3 is 2.02 bits per heavy atom. The first-order chi connectivity index (χ1) is 21.7. The van der Waals surface area contributed by atoms with E-state index in [1.54, 1.807) is 23.6 Å². The Balaban J connectivity index is 2.16. The van der Waals surface area contributed by atoms with Crippen molar-refractivity contribution in [2.75, 3.05) is 26.4 Å². The summed E-state index contributed by atoms with van der Waals surface area (Å²) in [5.74, 6) is -0.719. The summed E-state index contributed by atoms with van der Waals surface area (Å²) in [5.41, 5.74) is 3.15. The van der Waals surface area contributed by atoms with E-state index in [-0.39, 0.29) is 5.21 Å². The van der Waals surface area contributed by atoms with Gasteiger partial charge in [-0.05, 0) is 12.8 Å². The molecule has 1 heterocycles. The van der Waals surface area contributed by atoms with Gasteiger partial charge in [-0.25, -0.2) is 4.79 Å². The predicted octanol–water partition coefficient (Wildman–Crippen LogP) is 4.07. The van der Waals surface area contributed by atoms with E-state index >= 15 is 0 Å². The molecule has 268 valence electrons. The average molecular weight is 743 g/mol. The summed E-state index contributed by atoms with van der Waals surface area (Å²) in [6.07, 6.45) is 14.9. The van der Waals surface area contributed by atoms with Gasteiger partial charge in [0.2, 0.25) is 0 Å². The van der Waals surface area contributed by atoms with Gasteiger partial charge in [-0.15, -0.1) is 0 Å². The maximum absolute atomic E-state index is 12.1. The van der Waals surface area contributed by atoms with Crippen molar-refractivity contribution >= 4 is 27.3 Å². The van der Waals surface area contributed by atoms with E-state index in [4.69, 9.17) is 14.2 Å². The fourth-order valence-corrected chi connectivity index (χ4v) is 7.62. The van der Waals surface area contributed by atoms with E-state index in [0.29, 0.717) is 0 Å². The predicted molar refractivity (Wildman–Crippen MR) is 174 cm³/mol. The molecule has 15 heteroatoms. The molecule has 1 aliphatic rings. The Hall–Kier alpha value is -1.08. The van der Waals surface area contributed by atoms with Gasteiger partial charge in [0.05, 0.1) is 0 Å². The average Bonchev–Trinajstić information content (AvgIpc) is 3.25. The number of esters is 1. The molecule has 0 bridgehead atoms. The monoisotopic (exact) mass is 742 g/mol. The minimum absolute atomic E-state index is 0.0868. The quantitative estimate of drug-likeness (QED) is 0.0213. The number of phosphoric acid groups is 1. The fourth-order valence-electron chi connectivity index (χ4n) is 4.37. The Morgan fingerprint density at radius 1 is 0.848 bits per heavy atom. The van der Waals surface area contributed by atoms with Gasteiger partial charge >= 0.3 is 141 Å². The van der Waals surface area contributed by atoms with E-state index in [1.807, 2.05) is 6.08 Å². The molecule has 0 aromatic heterocycles. The van der Waals surface area contributed by atoms with E-state index in [9.17, 15) is 38.4 Å². The van der Waals surface area contributed by atoms with Crippen LogP contribution in [0.15, 0.2) is 36.5 Å². The number of hydrogen-bond acceptors (Lipinski definition) is 12. The van der Waals surface area contributed by atoms with Crippen LogP contribution < -0.4 is 0 Å². The topological polar surface area (TPSA) is 199 Å². The molecule has 0 aromatic carbocycles. The number of allylic oxidation sites excluding steroid dienone is 5. The standard InChI is InChI=1S/C31H56AsO13P/c1-4-5-6-7-8-9-10-11-12-13-14-15-16-17-18-19-28(35)41-21-25(33)23-43-46(39,40)44-24-26(34)22-42-31-30(37)29(36)27(45-31)20-32(2,3)38/h14-19,25-27,29-31,33-34,36-37H,4-13,20-24H2,1-3H3,(H,39,40). The zero-order valence-electron chi connectivity index (χ0n) is 27.4. The zero-order chi connectivity index (χ0) is 34.4. The van der Waals surface area contributed by atoms with E-state index in [0.717, 1.165) is 12.8 Å². The van der Waals surface area contributed by atoms with Crippen molar-refractivity contribution in [2.45, 2.75) is 125 Å². The maximum atomic E-state index is 12.1. The van der Waals surface area contributed by atoms with Crippen molar-refractivity contribution in [1.82, 2.24) is 0 Å². The number of hydrogen-bond donors (Lipinski definition) is 5. The molecule has 1 aliphatic heterocycles. The number of aliphatic hydroxyl groups excluding tert-OH is 4. The molecule has 7 atom stereocenters. The van der Waals surface area contributed by atoms with Crippen molar-refractivity contribution in [2.24, 2.45) is 0 Å². The van der Waals surface area contributed by atoms with Crippen LogP contribution in [0.25, 0.3) is 0 Å².